The molecule has 1 N–H and O–H groups in total. The molecule has 0 bridgehead atoms. The molecule has 1 fully saturated rings. The van der Waals surface area contributed by atoms with Crippen LogP contribution in [0.5, 0.6) is 5.75 Å². The zero-order valence-corrected chi connectivity index (χ0v) is 12.1. The number of nitrogens with zero attached hydrogens (tertiary/aromatic N) is 1. The third-order valence-corrected chi connectivity index (χ3v) is 3.67. The molecule has 0 aliphatic carbocycles. The van der Waals surface area contributed by atoms with Crippen molar-refractivity contribution in [1.29, 1.82) is 0 Å². The van der Waals surface area contributed by atoms with Gasteiger partial charge in [0.25, 0.3) is 0 Å². The van der Waals surface area contributed by atoms with Crippen LogP contribution >= 0.6 is 0 Å². The number of carboxylic acid groups (broad SMARTS) is 1. The summed E-state index contributed by atoms with van der Waals surface area (Å²) in [5, 5.41) is 9.10. The lowest BCUT2D eigenvalue weighted by molar-refractivity contribution is 0.0697. The van der Waals surface area contributed by atoms with Crippen LogP contribution in [-0.2, 0) is 4.74 Å². The SMILES string of the molecule is O=C(O)c1ccnc(-c2ccccc2OCC2CCOC2)c1. The second-order valence-corrected chi connectivity index (χ2v) is 5.27. The summed E-state index contributed by atoms with van der Waals surface area (Å²) in [5.74, 6) is 0.154. The molecular weight excluding hydrogens is 282 g/mol. The molecule has 1 aromatic heterocycles. The van der Waals surface area contributed by atoms with Crippen LogP contribution in [0.25, 0.3) is 11.3 Å². The van der Waals surface area contributed by atoms with Gasteiger partial charge in [-0.05, 0) is 30.7 Å². The van der Waals surface area contributed by atoms with Crippen molar-refractivity contribution in [2.45, 2.75) is 6.42 Å². The molecule has 0 saturated carbocycles. The first-order valence-electron chi connectivity index (χ1n) is 7.23. The van der Waals surface area contributed by atoms with Gasteiger partial charge in [0.05, 0.1) is 24.5 Å². The quantitative estimate of drug-likeness (QED) is 0.919. The van der Waals surface area contributed by atoms with Gasteiger partial charge in [0.2, 0.25) is 0 Å². The Morgan fingerprint density at radius 2 is 2.23 bits per heavy atom. The fraction of sp³-hybridized carbons (Fsp3) is 0.294. The van der Waals surface area contributed by atoms with E-state index in [0.717, 1.165) is 25.2 Å². The van der Waals surface area contributed by atoms with E-state index in [9.17, 15) is 4.79 Å². The second kappa shape index (κ2) is 6.58. The summed E-state index contributed by atoms with van der Waals surface area (Å²) < 4.78 is 11.3. The predicted octanol–water partition coefficient (Wildman–Crippen LogP) is 2.86. The van der Waals surface area contributed by atoms with Gasteiger partial charge in [0, 0.05) is 24.3 Å². The fourth-order valence-electron chi connectivity index (χ4n) is 2.44. The van der Waals surface area contributed by atoms with Crippen molar-refractivity contribution in [2.75, 3.05) is 19.8 Å². The maximum absolute atomic E-state index is 11.1. The largest absolute Gasteiger partial charge is 0.493 e. The molecule has 1 atom stereocenters. The van der Waals surface area contributed by atoms with E-state index in [1.165, 1.54) is 12.3 Å². The number of pyridine rings is 1. The molecule has 114 valence electrons. The Morgan fingerprint density at radius 3 is 3.00 bits per heavy atom. The van der Waals surface area contributed by atoms with Crippen molar-refractivity contribution in [2.24, 2.45) is 5.92 Å². The van der Waals surface area contributed by atoms with Gasteiger partial charge in [-0.2, -0.15) is 0 Å². The van der Waals surface area contributed by atoms with Crippen LogP contribution in [0.15, 0.2) is 42.6 Å². The Morgan fingerprint density at radius 1 is 1.36 bits per heavy atom. The molecule has 0 amide bonds. The number of rotatable bonds is 5. The first-order valence-corrected chi connectivity index (χ1v) is 7.23. The smallest absolute Gasteiger partial charge is 0.335 e. The molecule has 2 heterocycles. The van der Waals surface area contributed by atoms with Crippen LogP contribution in [0, 0.1) is 5.92 Å². The zero-order valence-electron chi connectivity index (χ0n) is 12.1. The van der Waals surface area contributed by atoms with Gasteiger partial charge in [0.15, 0.2) is 0 Å². The van der Waals surface area contributed by atoms with E-state index in [2.05, 4.69) is 4.98 Å². The van der Waals surface area contributed by atoms with E-state index in [1.807, 2.05) is 24.3 Å². The van der Waals surface area contributed by atoms with Crippen LogP contribution in [0.2, 0.25) is 0 Å². The topological polar surface area (TPSA) is 68.7 Å². The third kappa shape index (κ3) is 3.26. The van der Waals surface area contributed by atoms with E-state index >= 15 is 0 Å². The molecule has 2 aromatic rings. The van der Waals surface area contributed by atoms with Gasteiger partial charge in [-0.15, -0.1) is 0 Å². The van der Waals surface area contributed by atoms with Gasteiger partial charge in [-0.3, -0.25) is 4.98 Å². The van der Waals surface area contributed by atoms with Crippen molar-refractivity contribution in [3.8, 4) is 17.0 Å². The second-order valence-electron chi connectivity index (χ2n) is 5.27. The Kier molecular flexibility index (Phi) is 4.34. The number of carbonyl (C=O) groups is 1. The summed E-state index contributed by atoms with van der Waals surface area (Å²) >= 11 is 0. The summed E-state index contributed by atoms with van der Waals surface area (Å²) in [7, 11) is 0. The molecule has 1 aromatic carbocycles. The van der Waals surface area contributed by atoms with Crippen molar-refractivity contribution < 1.29 is 19.4 Å². The third-order valence-electron chi connectivity index (χ3n) is 3.67. The number of aromatic carboxylic acids is 1. The van der Waals surface area contributed by atoms with Crippen molar-refractivity contribution in [3.05, 3.63) is 48.2 Å². The normalized spacial score (nSPS) is 17.4. The highest BCUT2D eigenvalue weighted by atomic mass is 16.5. The molecule has 1 unspecified atom stereocenters. The number of benzene rings is 1. The maximum atomic E-state index is 11.1. The molecule has 5 heteroatoms. The van der Waals surface area contributed by atoms with Crippen LogP contribution < -0.4 is 4.74 Å². The highest BCUT2D eigenvalue weighted by molar-refractivity contribution is 5.89. The van der Waals surface area contributed by atoms with Crippen LogP contribution in [0.1, 0.15) is 16.8 Å². The zero-order chi connectivity index (χ0) is 15.4. The Labute approximate surface area is 128 Å². The van der Waals surface area contributed by atoms with Gasteiger partial charge in [-0.25, -0.2) is 4.79 Å². The molecule has 5 nitrogen and oxygen atoms in total. The van der Waals surface area contributed by atoms with Crippen LogP contribution in [-0.4, -0.2) is 35.9 Å². The molecule has 1 saturated heterocycles. The number of carboxylic acids is 1. The van der Waals surface area contributed by atoms with E-state index in [-0.39, 0.29) is 5.56 Å². The van der Waals surface area contributed by atoms with Gasteiger partial charge in [-0.1, -0.05) is 12.1 Å². The summed E-state index contributed by atoms with van der Waals surface area (Å²) in [6.07, 6.45) is 2.51. The highest BCUT2D eigenvalue weighted by Gasteiger charge is 2.17. The van der Waals surface area contributed by atoms with E-state index in [0.29, 0.717) is 24.0 Å². The summed E-state index contributed by atoms with van der Waals surface area (Å²) in [6, 6.07) is 10.6. The van der Waals surface area contributed by atoms with E-state index in [1.54, 1.807) is 6.07 Å². The van der Waals surface area contributed by atoms with E-state index < -0.39 is 5.97 Å². The summed E-state index contributed by atoms with van der Waals surface area (Å²) in [6.45, 7) is 2.11. The van der Waals surface area contributed by atoms with Crippen molar-refractivity contribution in [1.82, 2.24) is 4.98 Å². The minimum atomic E-state index is -0.967. The fourth-order valence-corrected chi connectivity index (χ4v) is 2.44. The molecule has 1 aliphatic heterocycles. The monoisotopic (exact) mass is 299 g/mol. The molecule has 1 aliphatic rings. The minimum Gasteiger partial charge on any atom is -0.493 e. The molecule has 3 rings (SSSR count). The molecule has 0 radical (unpaired) electrons. The van der Waals surface area contributed by atoms with Gasteiger partial charge in [0.1, 0.15) is 5.75 Å². The molecule has 0 spiro atoms. The van der Waals surface area contributed by atoms with Gasteiger partial charge < -0.3 is 14.6 Å². The Balaban J connectivity index is 1.83. The Bertz CT molecular complexity index is 665. The van der Waals surface area contributed by atoms with Crippen molar-refractivity contribution in [3.63, 3.8) is 0 Å². The first-order chi connectivity index (χ1) is 10.7. The molecule has 22 heavy (non-hydrogen) atoms. The average Bonchev–Trinajstić information content (AvgIpc) is 3.07. The minimum absolute atomic E-state index is 0.212. The standard InChI is InChI=1S/C17H17NO4/c19-17(20)13-5-7-18-15(9-13)14-3-1-2-4-16(14)22-11-12-6-8-21-10-12/h1-5,7,9,12H,6,8,10-11H2,(H,19,20). The number of hydrogen-bond acceptors (Lipinski definition) is 4. The average molecular weight is 299 g/mol. The summed E-state index contributed by atoms with van der Waals surface area (Å²) in [5.41, 5.74) is 1.60. The first kappa shape index (κ1) is 14.5. The number of para-hydroxylation sites is 1. The number of aromatic nitrogens is 1. The molecular formula is C17H17NO4. The van der Waals surface area contributed by atoms with Gasteiger partial charge >= 0.3 is 5.97 Å². The van der Waals surface area contributed by atoms with E-state index in [4.69, 9.17) is 14.6 Å². The van der Waals surface area contributed by atoms with Crippen LogP contribution in [0.4, 0.5) is 0 Å². The van der Waals surface area contributed by atoms with Crippen molar-refractivity contribution >= 4 is 5.97 Å². The Hall–Kier alpha value is -2.40. The lowest BCUT2D eigenvalue weighted by Gasteiger charge is -2.14. The highest BCUT2D eigenvalue weighted by Crippen LogP contribution is 2.29. The lowest BCUT2D eigenvalue weighted by Crippen LogP contribution is -2.12. The predicted molar refractivity (Wildman–Crippen MR) is 81.1 cm³/mol. The maximum Gasteiger partial charge on any atom is 0.335 e. The lowest BCUT2D eigenvalue weighted by atomic mass is 10.1. The van der Waals surface area contributed by atoms with Crippen LogP contribution in [0.3, 0.4) is 0 Å². The summed E-state index contributed by atoms with van der Waals surface area (Å²) in [4.78, 5) is 15.4. The number of ether oxygens (including phenoxy) is 2. The number of hydrogen-bond donors (Lipinski definition) is 1.